The monoisotopic (exact) mass is 426 g/mol. The van der Waals surface area contributed by atoms with Crippen molar-refractivity contribution in [3.8, 4) is 0 Å². The third-order valence-corrected chi connectivity index (χ3v) is 5.55. The predicted molar refractivity (Wildman–Crippen MR) is 126 cm³/mol. The summed E-state index contributed by atoms with van der Waals surface area (Å²) in [7, 11) is 1.62. The van der Waals surface area contributed by atoms with Crippen LogP contribution in [-0.2, 0) is 14.3 Å². The summed E-state index contributed by atoms with van der Waals surface area (Å²) >= 11 is 0. The molecule has 0 aromatic heterocycles. The molecule has 31 heavy (non-hydrogen) atoms. The van der Waals surface area contributed by atoms with Crippen molar-refractivity contribution in [3.05, 3.63) is 58.7 Å². The topological polar surface area (TPSA) is 71.9 Å². The van der Waals surface area contributed by atoms with Crippen LogP contribution in [0.3, 0.4) is 0 Å². The molecule has 6 nitrogen and oxygen atoms in total. The Bertz CT molecular complexity index is 909. The van der Waals surface area contributed by atoms with Gasteiger partial charge in [-0.1, -0.05) is 44.2 Å². The van der Waals surface area contributed by atoms with Gasteiger partial charge in [0.15, 0.2) is 13.1 Å². The smallest absolute Gasteiger partial charge is 0.279 e. The molecule has 168 valence electrons. The van der Waals surface area contributed by atoms with Crippen molar-refractivity contribution in [2.45, 2.75) is 40.5 Å². The number of aryl methyl sites for hydroxylation is 2. The zero-order chi connectivity index (χ0) is 23.0. The first-order valence-corrected chi connectivity index (χ1v) is 10.8. The number of rotatable bonds is 10. The third-order valence-electron chi connectivity index (χ3n) is 5.55. The van der Waals surface area contributed by atoms with E-state index in [1.165, 1.54) is 0 Å². The average molecular weight is 427 g/mol. The van der Waals surface area contributed by atoms with E-state index in [4.69, 9.17) is 4.74 Å². The van der Waals surface area contributed by atoms with Gasteiger partial charge in [-0.2, -0.15) is 0 Å². The van der Waals surface area contributed by atoms with E-state index in [-0.39, 0.29) is 24.9 Å². The number of ether oxygens (including phenoxy) is 1. The van der Waals surface area contributed by atoms with Crippen molar-refractivity contribution in [1.29, 1.82) is 0 Å². The minimum absolute atomic E-state index is 0.109. The molecule has 0 radical (unpaired) electrons. The number of para-hydroxylation sites is 1. The van der Waals surface area contributed by atoms with Crippen LogP contribution in [-0.4, -0.2) is 45.2 Å². The quantitative estimate of drug-likeness (QED) is 0.547. The van der Waals surface area contributed by atoms with Crippen LogP contribution in [0, 0.1) is 20.8 Å². The lowest BCUT2D eigenvalue weighted by Gasteiger charge is -2.21. The second kappa shape index (κ2) is 11.6. The first-order valence-electron chi connectivity index (χ1n) is 10.8. The number of nitrogens with one attached hydrogen (secondary N) is 3. The number of carbonyl (C=O) groups excluding carboxylic acids is 2. The van der Waals surface area contributed by atoms with Crippen molar-refractivity contribution in [1.82, 2.24) is 0 Å². The first kappa shape index (κ1) is 24.6. The van der Waals surface area contributed by atoms with E-state index in [9.17, 15) is 9.59 Å². The Morgan fingerprint density at radius 1 is 0.935 bits per heavy atom. The molecular weight excluding hydrogens is 390 g/mol. The Hall–Kier alpha value is -2.70. The van der Waals surface area contributed by atoms with Crippen LogP contribution < -0.4 is 15.5 Å². The fourth-order valence-corrected chi connectivity index (χ4v) is 3.55. The maximum atomic E-state index is 12.8. The summed E-state index contributed by atoms with van der Waals surface area (Å²) in [5.74, 6) is 0.0729. The van der Waals surface area contributed by atoms with Gasteiger partial charge in [0.05, 0.1) is 6.61 Å². The molecule has 0 aliphatic rings. The SMILES string of the molecule is COCC[NH+](CC(=O)Nc1cccc(C)c1C)CC(=O)Nc1c(C)cccc1C(C)C. The number of methoxy groups -OCH3 is 1. The van der Waals surface area contributed by atoms with Crippen LogP contribution in [0.5, 0.6) is 0 Å². The van der Waals surface area contributed by atoms with Gasteiger partial charge < -0.3 is 20.3 Å². The van der Waals surface area contributed by atoms with Crippen molar-refractivity contribution < 1.29 is 19.2 Å². The number of hydrogen-bond donors (Lipinski definition) is 3. The van der Waals surface area contributed by atoms with Crippen LogP contribution >= 0.6 is 0 Å². The van der Waals surface area contributed by atoms with Gasteiger partial charge >= 0.3 is 0 Å². The van der Waals surface area contributed by atoms with Crippen LogP contribution in [0.4, 0.5) is 11.4 Å². The summed E-state index contributed by atoms with van der Waals surface area (Å²) in [5.41, 5.74) is 5.99. The molecule has 3 N–H and O–H groups in total. The van der Waals surface area contributed by atoms with Gasteiger partial charge in [0.25, 0.3) is 11.8 Å². The van der Waals surface area contributed by atoms with Crippen LogP contribution in [0.2, 0.25) is 0 Å². The second-order valence-corrected chi connectivity index (χ2v) is 8.38. The standard InChI is InChI=1S/C25H35N3O3/c1-17(2)21-11-7-10-19(4)25(21)27-24(30)16-28(13-14-31-6)15-23(29)26-22-12-8-9-18(3)20(22)5/h7-12,17H,13-16H2,1-6H3,(H,26,29)(H,27,30)/p+1. The Morgan fingerprint density at radius 2 is 1.55 bits per heavy atom. The van der Waals surface area contributed by atoms with E-state index < -0.39 is 0 Å². The Labute approximate surface area is 186 Å². The van der Waals surface area contributed by atoms with E-state index in [2.05, 4.69) is 24.5 Å². The zero-order valence-corrected chi connectivity index (χ0v) is 19.6. The molecule has 0 bridgehead atoms. The van der Waals surface area contributed by atoms with E-state index in [0.717, 1.165) is 38.5 Å². The Morgan fingerprint density at radius 3 is 2.19 bits per heavy atom. The second-order valence-electron chi connectivity index (χ2n) is 8.38. The lowest BCUT2D eigenvalue weighted by Crippen LogP contribution is -3.14. The maximum absolute atomic E-state index is 12.8. The highest BCUT2D eigenvalue weighted by Gasteiger charge is 2.20. The zero-order valence-electron chi connectivity index (χ0n) is 19.6. The van der Waals surface area contributed by atoms with E-state index >= 15 is 0 Å². The molecule has 2 amide bonds. The van der Waals surface area contributed by atoms with E-state index in [1.54, 1.807) is 7.11 Å². The van der Waals surface area contributed by atoms with Crippen LogP contribution in [0.1, 0.15) is 42.0 Å². The molecule has 2 aromatic carbocycles. The highest BCUT2D eigenvalue weighted by atomic mass is 16.5. The highest BCUT2D eigenvalue weighted by Crippen LogP contribution is 2.27. The third kappa shape index (κ3) is 7.19. The predicted octanol–water partition coefficient (Wildman–Crippen LogP) is 2.84. The van der Waals surface area contributed by atoms with E-state index in [1.807, 2.05) is 57.2 Å². The number of anilines is 2. The van der Waals surface area contributed by atoms with Gasteiger partial charge in [0.1, 0.15) is 6.54 Å². The first-order chi connectivity index (χ1) is 14.7. The summed E-state index contributed by atoms with van der Waals surface area (Å²) in [6.45, 7) is 11.6. The largest absolute Gasteiger partial charge is 0.379 e. The number of benzene rings is 2. The van der Waals surface area contributed by atoms with Gasteiger partial charge in [0.2, 0.25) is 0 Å². The molecule has 1 atom stereocenters. The molecule has 0 heterocycles. The lowest BCUT2D eigenvalue weighted by molar-refractivity contribution is -0.883. The molecule has 6 heteroatoms. The molecule has 0 aliphatic carbocycles. The molecule has 1 unspecified atom stereocenters. The Balaban J connectivity index is 2.06. The van der Waals surface area contributed by atoms with Gasteiger partial charge in [-0.25, -0.2) is 0 Å². The van der Waals surface area contributed by atoms with Gasteiger partial charge in [-0.3, -0.25) is 9.59 Å². The molecule has 0 fully saturated rings. The van der Waals surface area contributed by atoms with Gasteiger partial charge in [-0.15, -0.1) is 0 Å². The number of quaternary nitrogens is 1. The molecule has 0 spiro atoms. The summed E-state index contributed by atoms with van der Waals surface area (Å²) in [4.78, 5) is 26.4. The molecule has 2 aromatic rings. The maximum Gasteiger partial charge on any atom is 0.279 e. The summed E-state index contributed by atoms with van der Waals surface area (Å²) in [5, 5.41) is 6.06. The van der Waals surface area contributed by atoms with Crippen molar-refractivity contribution in [3.63, 3.8) is 0 Å². The van der Waals surface area contributed by atoms with Gasteiger partial charge in [-0.05, 0) is 55.0 Å². The number of hydrogen-bond acceptors (Lipinski definition) is 3. The number of carbonyl (C=O) groups is 2. The van der Waals surface area contributed by atoms with Gasteiger partial charge in [0, 0.05) is 18.5 Å². The molecule has 2 rings (SSSR count). The minimum Gasteiger partial charge on any atom is -0.379 e. The van der Waals surface area contributed by atoms with Crippen LogP contribution in [0.25, 0.3) is 0 Å². The fourth-order valence-electron chi connectivity index (χ4n) is 3.55. The van der Waals surface area contributed by atoms with Crippen molar-refractivity contribution >= 4 is 23.2 Å². The Kier molecular flexibility index (Phi) is 9.21. The molecular formula is C25H36N3O3+. The summed E-state index contributed by atoms with van der Waals surface area (Å²) in [6.07, 6.45) is 0. The fraction of sp³-hybridized carbons (Fsp3) is 0.440. The van der Waals surface area contributed by atoms with E-state index in [0.29, 0.717) is 19.1 Å². The minimum atomic E-state index is -0.119. The van der Waals surface area contributed by atoms with Crippen molar-refractivity contribution in [2.75, 3.05) is 44.0 Å². The van der Waals surface area contributed by atoms with Crippen LogP contribution in [0.15, 0.2) is 36.4 Å². The summed E-state index contributed by atoms with van der Waals surface area (Å²) < 4.78 is 5.19. The molecule has 0 saturated carbocycles. The summed E-state index contributed by atoms with van der Waals surface area (Å²) in [6, 6.07) is 11.9. The lowest BCUT2D eigenvalue weighted by atomic mass is 9.98. The average Bonchev–Trinajstić information content (AvgIpc) is 2.71. The number of amides is 2. The highest BCUT2D eigenvalue weighted by molar-refractivity contribution is 5.94. The normalized spacial score (nSPS) is 12.0. The van der Waals surface area contributed by atoms with Crippen molar-refractivity contribution in [2.24, 2.45) is 0 Å². The molecule has 0 saturated heterocycles. The molecule has 0 aliphatic heterocycles.